The van der Waals surface area contributed by atoms with Crippen molar-refractivity contribution in [1.29, 1.82) is 0 Å². The lowest BCUT2D eigenvalue weighted by Crippen LogP contribution is -1.98. The number of para-hydroxylation sites is 1. The highest BCUT2D eigenvalue weighted by Crippen LogP contribution is 2.30. The van der Waals surface area contributed by atoms with Crippen molar-refractivity contribution in [3.8, 4) is 0 Å². The summed E-state index contributed by atoms with van der Waals surface area (Å²) in [4.78, 5) is 1.25. The molecule has 1 N–H and O–H groups in total. The van der Waals surface area contributed by atoms with Crippen molar-refractivity contribution < 1.29 is 4.42 Å². The number of halogens is 1. The quantitative estimate of drug-likeness (QED) is 0.651. The van der Waals surface area contributed by atoms with Crippen LogP contribution >= 0.6 is 23.4 Å². The summed E-state index contributed by atoms with van der Waals surface area (Å²) in [6, 6.07) is 16.2. The molecule has 0 aliphatic carbocycles. The summed E-state index contributed by atoms with van der Waals surface area (Å²) in [6.45, 7) is 0.647. The Bertz CT molecular complexity index is 721. The molecule has 102 valence electrons. The number of benzene rings is 2. The van der Waals surface area contributed by atoms with Crippen molar-refractivity contribution in [1.82, 2.24) is 0 Å². The van der Waals surface area contributed by atoms with E-state index >= 15 is 0 Å². The van der Waals surface area contributed by atoms with Crippen LogP contribution in [0.2, 0.25) is 5.22 Å². The van der Waals surface area contributed by atoms with E-state index in [9.17, 15) is 0 Å². The highest BCUT2D eigenvalue weighted by atomic mass is 35.5. The Hall–Kier alpha value is -1.58. The second-order valence-electron chi connectivity index (χ2n) is 4.43. The Balaban J connectivity index is 1.80. The SMILES string of the molecule is CSc1ccc(NCc2c(Cl)oc3ccccc23)cc1. The van der Waals surface area contributed by atoms with Gasteiger partial charge in [0, 0.05) is 28.1 Å². The molecule has 0 amide bonds. The van der Waals surface area contributed by atoms with Crippen molar-refractivity contribution >= 4 is 40.0 Å². The summed E-state index contributed by atoms with van der Waals surface area (Å²) in [5.41, 5.74) is 2.90. The maximum Gasteiger partial charge on any atom is 0.199 e. The third-order valence-electron chi connectivity index (χ3n) is 3.21. The smallest absolute Gasteiger partial charge is 0.199 e. The number of fused-ring (bicyclic) bond motifs is 1. The zero-order valence-electron chi connectivity index (χ0n) is 11.0. The molecular formula is C16H14ClNOS. The summed E-state index contributed by atoms with van der Waals surface area (Å²) in [5.74, 6) is 0. The fourth-order valence-electron chi connectivity index (χ4n) is 2.13. The summed E-state index contributed by atoms with van der Waals surface area (Å²) < 4.78 is 5.55. The first kappa shape index (κ1) is 13.4. The second kappa shape index (κ2) is 5.81. The summed E-state index contributed by atoms with van der Waals surface area (Å²) in [7, 11) is 0. The lowest BCUT2D eigenvalue weighted by atomic mass is 10.2. The maximum atomic E-state index is 6.17. The zero-order valence-corrected chi connectivity index (χ0v) is 12.6. The fourth-order valence-corrected chi connectivity index (χ4v) is 2.79. The molecule has 1 heterocycles. The molecule has 0 saturated heterocycles. The first-order valence-corrected chi connectivity index (χ1v) is 7.92. The van der Waals surface area contributed by atoms with Crippen molar-refractivity contribution in [2.24, 2.45) is 0 Å². The summed E-state index contributed by atoms with van der Waals surface area (Å²) in [5, 5.41) is 4.90. The summed E-state index contributed by atoms with van der Waals surface area (Å²) in [6.07, 6.45) is 2.07. The number of hydrogen-bond acceptors (Lipinski definition) is 3. The largest absolute Gasteiger partial charge is 0.444 e. The average molecular weight is 304 g/mol. The maximum absolute atomic E-state index is 6.17. The minimum atomic E-state index is 0.458. The van der Waals surface area contributed by atoms with Gasteiger partial charge in [-0.1, -0.05) is 18.2 Å². The molecule has 1 aromatic heterocycles. The Morgan fingerprint density at radius 3 is 2.60 bits per heavy atom. The van der Waals surface area contributed by atoms with Crippen molar-refractivity contribution in [2.75, 3.05) is 11.6 Å². The van der Waals surface area contributed by atoms with Crippen LogP contribution in [0.4, 0.5) is 5.69 Å². The van der Waals surface area contributed by atoms with Gasteiger partial charge in [-0.05, 0) is 48.2 Å². The molecule has 0 aliphatic rings. The van der Waals surface area contributed by atoms with E-state index in [1.807, 2.05) is 24.3 Å². The van der Waals surface area contributed by atoms with Gasteiger partial charge in [0.25, 0.3) is 0 Å². The van der Waals surface area contributed by atoms with Gasteiger partial charge in [0.1, 0.15) is 5.58 Å². The van der Waals surface area contributed by atoms with Gasteiger partial charge in [0.15, 0.2) is 5.22 Å². The van der Waals surface area contributed by atoms with Gasteiger partial charge in [-0.2, -0.15) is 0 Å². The number of rotatable bonds is 4. The van der Waals surface area contributed by atoms with Crippen LogP contribution in [0.25, 0.3) is 11.0 Å². The van der Waals surface area contributed by atoms with Crippen molar-refractivity contribution in [3.05, 3.63) is 59.3 Å². The monoisotopic (exact) mass is 303 g/mol. The molecule has 0 atom stereocenters. The predicted octanol–water partition coefficient (Wildman–Crippen LogP) is 5.42. The molecule has 0 aliphatic heterocycles. The van der Waals surface area contributed by atoms with Crippen LogP contribution in [-0.4, -0.2) is 6.26 Å². The number of anilines is 1. The van der Waals surface area contributed by atoms with E-state index in [0.29, 0.717) is 11.8 Å². The number of thioether (sulfide) groups is 1. The van der Waals surface area contributed by atoms with Crippen LogP contribution in [0.1, 0.15) is 5.56 Å². The topological polar surface area (TPSA) is 25.2 Å². The van der Waals surface area contributed by atoms with Crippen LogP contribution in [0.5, 0.6) is 0 Å². The standard InChI is InChI=1S/C16H14ClNOS/c1-20-12-8-6-11(7-9-12)18-10-14-13-4-2-3-5-15(13)19-16(14)17/h2-9,18H,10H2,1H3. The van der Waals surface area contributed by atoms with E-state index in [1.165, 1.54) is 4.90 Å². The number of furan rings is 1. The normalized spacial score (nSPS) is 10.9. The summed E-state index contributed by atoms with van der Waals surface area (Å²) >= 11 is 7.91. The molecule has 0 fully saturated rings. The Morgan fingerprint density at radius 1 is 1.10 bits per heavy atom. The van der Waals surface area contributed by atoms with E-state index in [-0.39, 0.29) is 0 Å². The third kappa shape index (κ3) is 2.65. The molecule has 0 radical (unpaired) electrons. The lowest BCUT2D eigenvalue weighted by molar-refractivity contribution is 0.613. The van der Waals surface area contributed by atoms with Gasteiger partial charge in [-0.25, -0.2) is 0 Å². The van der Waals surface area contributed by atoms with Crippen LogP contribution < -0.4 is 5.32 Å². The Kier molecular flexibility index (Phi) is 3.90. The van der Waals surface area contributed by atoms with Crippen molar-refractivity contribution in [3.63, 3.8) is 0 Å². The highest BCUT2D eigenvalue weighted by Gasteiger charge is 2.11. The van der Waals surface area contributed by atoms with E-state index in [1.54, 1.807) is 11.8 Å². The number of hydrogen-bond donors (Lipinski definition) is 1. The average Bonchev–Trinajstić information content (AvgIpc) is 2.81. The van der Waals surface area contributed by atoms with Gasteiger partial charge < -0.3 is 9.73 Å². The molecule has 2 aromatic carbocycles. The molecule has 20 heavy (non-hydrogen) atoms. The molecule has 0 spiro atoms. The first-order valence-electron chi connectivity index (χ1n) is 6.32. The second-order valence-corrected chi connectivity index (χ2v) is 5.66. The molecule has 0 bridgehead atoms. The van der Waals surface area contributed by atoms with Gasteiger partial charge in [0.2, 0.25) is 0 Å². The first-order chi connectivity index (χ1) is 9.78. The molecule has 3 aromatic rings. The highest BCUT2D eigenvalue weighted by molar-refractivity contribution is 7.98. The minimum absolute atomic E-state index is 0.458. The Morgan fingerprint density at radius 2 is 1.85 bits per heavy atom. The van der Waals surface area contributed by atoms with Gasteiger partial charge >= 0.3 is 0 Å². The van der Waals surface area contributed by atoms with Gasteiger partial charge in [0.05, 0.1) is 0 Å². The van der Waals surface area contributed by atoms with Crippen molar-refractivity contribution in [2.45, 2.75) is 11.4 Å². The molecule has 4 heteroatoms. The number of nitrogens with one attached hydrogen (secondary N) is 1. The molecule has 0 saturated carbocycles. The van der Waals surface area contributed by atoms with E-state index in [2.05, 4.69) is 35.8 Å². The molecular weight excluding hydrogens is 290 g/mol. The lowest BCUT2D eigenvalue weighted by Gasteiger charge is -2.06. The van der Waals surface area contributed by atoms with Crippen LogP contribution in [0.3, 0.4) is 0 Å². The molecule has 2 nitrogen and oxygen atoms in total. The van der Waals surface area contributed by atoms with E-state index in [0.717, 1.165) is 22.2 Å². The molecule has 3 rings (SSSR count). The van der Waals surface area contributed by atoms with E-state index < -0.39 is 0 Å². The van der Waals surface area contributed by atoms with Gasteiger partial charge in [-0.15, -0.1) is 11.8 Å². The minimum Gasteiger partial charge on any atom is -0.444 e. The predicted molar refractivity (Wildman–Crippen MR) is 86.8 cm³/mol. The van der Waals surface area contributed by atoms with Gasteiger partial charge in [-0.3, -0.25) is 0 Å². The molecule has 0 unspecified atom stereocenters. The van der Waals surface area contributed by atoms with E-state index in [4.69, 9.17) is 16.0 Å². The fraction of sp³-hybridized carbons (Fsp3) is 0.125. The van der Waals surface area contributed by atoms with Crippen LogP contribution in [0, 0.1) is 0 Å². The third-order valence-corrected chi connectivity index (χ3v) is 4.26. The zero-order chi connectivity index (χ0) is 13.9. The Labute approximate surface area is 127 Å². The van der Waals surface area contributed by atoms with Crippen LogP contribution in [-0.2, 0) is 6.54 Å². The van der Waals surface area contributed by atoms with Crippen LogP contribution in [0.15, 0.2) is 57.8 Å².